The van der Waals surface area contributed by atoms with Gasteiger partial charge in [-0.3, -0.25) is 0 Å². The Labute approximate surface area is 136 Å². The van der Waals surface area contributed by atoms with Gasteiger partial charge in [0, 0.05) is 10.4 Å². The molecule has 1 aromatic rings. The monoisotopic (exact) mass is 377 g/mol. The van der Waals surface area contributed by atoms with E-state index in [4.69, 9.17) is 9.88 Å². The van der Waals surface area contributed by atoms with E-state index in [0.717, 1.165) is 15.8 Å². The second-order valence-electron chi connectivity index (χ2n) is 5.98. The van der Waals surface area contributed by atoms with Crippen LogP contribution in [0.3, 0.4) is 0 Å². The molecule has 0 aliphatic carbocycles. The molecule has 0 amide bonds. The van der Waals surface area contributed by atoms with Gasteiger partial charge in [0.1, 0.15) is 5.75 Å². The molecule has 120 valence electrons. The number of primary sulfonamides is 1. The molecule has 0 aromatic heterocycles. The van der Waals surface area contributed by atoms with Crippen LogP contribution in [0.2, 0.25) is 0 Å². The fraction of sp³-hybridized carbons (Fsp3) is 0.600. The average molecular weight is 378 g/mol. The molecule has 0 saturated carbocycles. The Morgan fingerprint density at radius 3 is 2.33 bits per heavy atom. The highest BCUT2D eigenvalue weighted by Crippen LogP contribution is 2.30. The third-order valence-electron chi connectivity index (χ3n) is 3.44. The van der Waals surface area contributed by atoms with Gasteiger partial charge < -0.3 is 4.74 Å². The zero-order chi connectivity index (χ0) is 16.2. The summed E-state index contributed by atoms with van der Waals surface area (Å²) in [5.74, 6) is 1.13. The second-order valence-corrected chi connectivity index (χ2v) is 8.56. The van der Waals surface area contributed by atoms with Crippen molar-refractivity contribution in [2.75, 3.05) is 12.4 Å². The van der Waals surface area contributed by atoms with Crippen molar-refractivity contribution in [1.82, 2.24) is 0 Å². The molecule has 1 aromatic carbocycles. The summed E-state index contributed by atoms with van der Waals surface area (Å²) < 4.78 is 29.5. The molecule has 1 atom stereocenters. The summed E-state index contributed by atoms with van der Waals surface area (Å²) in [5.41, 5.74) is 1.10. The van der Waals surface area contributed by atoms with Gasteiger partial charge in [-0.15, -0.1) is 0 Å². The van der Waals surface area contributed by atoms with Crippen LogP contribution in [0.1, 0.15) is 39.2 Å². The van der Waals surface area contributed by atoms with Crippen LogP contribution in [0.5, 0.6) is 5.75 Å². The van der Waals surface area contributed by atoms with E-state index in [1.165, 1.54) is 0 Å². The summed E-state index contributed by atoms with van der Waals surface area (Å²) in [7, 11) is -3.49. The van der Waals surface area contributed by atoms with Gasteiger partial charge in [-0.25, -0.2) is 13.6 Å². The zero-order valence-electron chi connectivity index (χ0n) is 13.0. The molecule has 0 aliphatic rings. The van der Waals surface area contributed by atoms with Crippen LogP contribution in [0.25, 0.3) is 0 Å². The van der Waals surface area contributed by atoms with Crippen molar-refractivity contribution < 1.29 is 13.2 Å². The maximum Gasteiger partial charge on any atom is 0.209 e. The summed E-state index contributed by atoms with van der Waals surface area (Å²) in [6, 6.07) is 5.86. The van der Waals surface area contributed by atoms with E-state index in [-0.39, 0.29) is 17.6 Å². The van der Waals surface area contributed by atoms with Gasteiger partial charge in [-0.05, 0) is 35.6 Å². The molecule has 0 spiro atoms. The van der Waals surface area contributed by atoms with Crippen molar-refractivity contribution in [3.63, 3.8) is 0 Å². The summed E-state index contributed by atoms with van der Waals surface area (Å²) in [4.78, 5) is 0. The zero-order valence-corrected chi connectivity index (χ0v) is 15.4. The quantitative estimate of drug-likeness (QED) is 0.789. The van der Waals surface area contributed by atoms with Crippen LogP contribution in [0.4, 0.5) is 0 Å². The van der Waals surface area contributed by atoms with Crippen LogP contribution in [0, 0.1) is 11.8 Å². The van der Waals surface area contributed by atoms with E-state index < -0.39 is 10.0 Å². The number of hydrogen-bond acceptors (Lipinski definition) is 3. The molecule has 0 bridgehead atoms. The Balaban J connectivity index is 2.85. The van der Waals surface area contributed by atoms with Gasteiger partial charge in [-0.2, -0.15) is 0 Å². The van der Waals surface area contributed by atoms with Crippen LogP contribution in [-0.4, -0.2) is 20.8 Å². The highest BCUT2D eigenvalue weighted by molar-refractivity contribution is 9.10. The van der Waals surface area contributed by atoms with E-state index in [0.29, 0.717) is 12.5 Å². The van der Waals surface area contributed by atoms with Crippen molar-refractivity contribution in [3.8, 4) is 5.75 Å². The molecular formula is C15H24BrNO3S. The Hall–Kier alpha value is -0.590. The first-order chi connectivity index (χ1) is 9.60. The van der Waals surface area contributed by atoms with Gasteiger partial charge in [0.25, 0.3) is 0 Å². The predicted molar refractivity (Wildman–Crippen MR) is 90.0 cm³/mol. The lowest BCUT2D eigenvalue weighted by atomic mass is 9.98. The maximum atomic E-state index is 11.3. The molecule has 0 saturated heterocycles. The smallest absolute Gasteiger partial charge is 0.209 e. The summed E-state index contributed by atoms with van der Waals surface area (Å²) in [6.45, 7) is 8.49. The lowest BCUT2D eigenvalue weighted by Gasteiger charge is -2.22. The standard InChI is InChI=1S/C15H24BrNO3S/c1-10(2)12(9-21(17,18)19)8-20-15-6-5-13(16)7-14(15)11(3)4/h5-7,10-12H,8-9H2,1-4H3,(H2,17,18,19). The second kappa shape index (κ2) is 7.61. The molecule has 6 heteroatoms. The van der Waals surface area contributed by atoms with Crippen molar-refractivity contribution >= 4 is 26.0 Å². The molecule has 2 N–H and O–H groups in total. The first kappa shape index (κ1) is 18.5. The largest absolute Gasteiger partial charge is 0.493 e. The van der Waals surface area contributed by atoms with Crippen molar-refractivity contribution in [1.29, 1.82) is 0 Å². The van der Waals surface area contributed by atoms with Gasteiger partial charge in [0.05, 0.1) is 12.4 Å². The number of halogens is 1. The lowest BCUT2D eigenvalue weighted by Crippen LogP contribution is -2.30. The highest BCUT2D eigenvalue weighted by Gasteiger charge is 2.21. The Morgan fingerprint density at radius 2 is 1.86 bits per heavy atom. The number of rotatable bonds is 7. The lowest BCUT2D eigenvalue weighted by molar-refractivity contribution is 0.222. The first-order valence-corrected chi connectivity index (χ1v) is 9.53. The van der Waals surface area contributed by atoms with E-state index in [9.17, 15) is 8.42 Å². The normalized spacial score (nSPS) is 13.7. The van der Waals surface area contributed by atoms with Crippen molar-refractivity contribution in [2.45, 2.75) is 33.6 Å². The number of ether oxygens (including phenoxy) is 1. The van der Waals surface area contributed by atoms with Crippen molar-refractivity contribution in [2.24, 2.45) is 17.0 Å². The maximum absolute atomic E-state index is 11.3. The fourth-order valence-electron chi connectivity index (χ4n) is 2.03. The molecular weight excluding hydrogens is 354 g/mol. The topological polar surface area (TPSA) is 69.4 Å². The Morgan fingerprint density at radius 1 is 1.24 bits per heavy atom. The Kier molecular flexibility index (Phi) is 6.69. The minimum atomic E-state index is -3.49. The third-order valence-corrected chi connectivity index (χ3v) is 4.82. The predicted octanol–water partition coefficient (Wildman–Crippen LogP) is 3.51. The Bertz CT molecular complexity index is 570. The molecule has 1 unspecified atom stereocenters. The number of sulfonamides is 1. The summed E-state index contributed by atoms with van der Waals surface area (Å²) in [6.07, 6.45) is 0. The van der Waals surface area contributed by atoms with Crippen LogP contribution in [0.15, 0.2) is 22.7 Å². The summed E-state index contributed by atoms with van der Waals surface area (Å²) >= 11 is 3.46. The average Bonchev–Trinajstić information content (AvgIpc) is 2.33. The van der Waals surface area contributed by atoms with E-state index in [1.807, 2.05) is 32.0 Å². The van der Waals surface area contributed by atoms with Crippen molar-refractivity contribution in [3.05, 3.63) is 28.2 Å². The highest BCUT2D eigenvalue weighted by atomic mass is 79.9. The minimum Gasteiger partial charge on any atom is -0.493 e. The summed E-state index contributed by atoms with van der Waals surface area (Å²) in [5, 5.41) is 5.15. The number of hydrogen-bond donors (Lipinski definition) is 1. The molecule has 4 nitrogen and oxygen atoms in total. The number of nitrogens with two attached hydrogens (primary N) is 1. The molecule has 0 radical (unpaired) electrons. The minimum absolute atomic E-state index is 0.0573. The fourth-order valence-corrected chi connectivity index (χ4v) is 3.49. The van der Waals surface area contributed by atoms with Gasteiger partial charge in [0.2, 0.25) is 10.0 Å². The molecule has 0 heterocycles. The van der Waals surface area contributed by atoms with E-state index in [2.05, 4.69) is 29.8 Å². The molecule has 0 fully saturated rings. The molecule has 1 rings (SSSR count). The third kappa shape index (κ3) is 6.36. The van der Waals surface area contributed by atoms with Gasteiger partial charge in [0.15, 0.2) is 0 Å². The molecule has 0 aliphatic heterocycles. The van der Waals surface area contributed by atoms with Gasteiger partial charge in [-0.1, -0.05) is 43.6 Å². The molecule has 21 heavy (non-hydrogen) atoms. The SMILES string of the molecule is CC(C)c1cc(Br)ccc1OCC(CS(N)(=O)=O)C(C)C. The van der Waals surface area contributed by atoms with Gasteiger partial charge >= 0.3 is 0 Å². The van der Waals surface area contributed by atoms with E-state index >= 15 is 0 Å². The van der Waals surface area contributed by atoms with Crippen LogP contribution < -0.4 is 9.88 Å². The first-order valence-electron chi connectivity index (χ1n) is 7.03. The van der Waals surface area contributed by atoms with Crippen LogP contribution in [-0.2, 0) is 10.0 Å². The van der Waals surface area contributed by atoms with E-state index in [1.54, 1.807) is 0 Å². The van der Waals surface area contributed by atoms with Crippen LogP contribution >= 0.6 is 15.9 Å². The number of benzene rings is 1.